The van der Waals surface area contributed by atoms with Gasteiger partial charge < -0.3 is 0 Å². The molecule has 3 aliphatic carbocycles. The largest absolute Gasteiger partial charge is 0.252 e. The third-order valence-electron chi connectivity index (χ3n) is 4.85. The lowest BCUT2D eigenvalue weighted by molar-refractivity contribution is -0.254. The molecule has 1 N–H and O–H groups in total. The van der Waals surface area contributed by atoms with E-state index in [2.05, 4.69) is 4.89 Å². The molecule has 2 nitrogen and oxygen atoms in total. The highest BCUT2D eigenvalue weighted by atomic mass is 17.1. The Morgan fingerprint density at radius 3 is 2.77 bits per heavy atom. The second-order valence-corrected chi connectivity index (χ2v) is 5.21. The Morgan fingerprint density at radius 1 is 1.08 bits per heavy atom. The Bertz CT molecular complexity index is 204. The molecule has 2 heteroatoms. The zero-order valence-electron chi connectivity index (χ0n) is 7.98. The summed E-state index contributed by atoms with van der Waals surface area (Å²) >= 11 is 0. The molecule has 13 heavy (non-hydrogen) atoms. The fraction of sp³-hybridized carbons (Fsp3) is 1.00. The number of rotatable bonds is 2. The molecular formula is C11H18O2. The van der Waals surface area contributed by atoms with Crippen molar-refractivity contribution >= 4 is 0 Å². The first-order valence-electron chi connectivity index (χ1n) is 5.66. The van der Waals surface area contributed by atoms with Gasteiger partial charge in [-0.15, -0.1) is 0 Å². The molecule has 0 aliphatic heterocycles. The molecule has 2 bridgehead atoms. The van der Waals surface area contributed by atoms with Crippen LogP contribution in [0.5, 0.6) is 0 Å². The van der Waals surface area contributed by atoms with Crippen molar-refractivity contribution < 1.29 is 10.1 Å². The van der Waals surface area contributed by atoms with Gasteiger partial charge in [0, 0.05) is 0 Å². The standard InChI is InChI=1S/C11H18O2/c12-13-6-8-4-7-5-11(8)10-3-1-2-9(7)10/h7-12H,1-6H2. The van der Waals surface area contributed by atoms with Gasteiger partial charge >= 0.3 is 0 Å². The summed E-state index contributed by atoms with van der Waals surface area (Å²) < 4.78 is 0. The predicted molar refractivity (Wildman–Crippen MR) is 49.1 cm³/mol. The minimum atomic E-state index is 0.588. The number of hydrogen-bond donors (Lipinski definition) is 1. The first-order valence-corrected chi connectivity index (χ1v) is 5.66. The van der Waals surface area contributed by atoms with E-state index in [0.29, 0.717) is 12.5 Å². The van der Waals surface area contributed by atoms with Crippen LogP contribution in [0, 0.1) is 29.6 Å². The molecule has 74 valence electrons. The van der Waals surface area contributed by atoms with Crippen molar-refractivity contribution in [3.8, 4) is 0 Å². The summed E-state index contributed by atoms with van der Waals surface area (Å²) in [5, 5.41) is 8.50. The highest BCUT2D eigenvalue weighted by Crippen LogP contribution is 2.60. The topological polar surface area (TPSA) is 29.5 Å². The van der Waals surface area contributed by atoms with E-state index in [-0.39, 0.29) is 0 Å². The van der Waals surface area contributed by atoms with E-state index in [1.165, 1.54) is 32.1 Å². The van der Waals surface area contributed by atoms with Crippen LogP contribution in [0.2, 0.25) is 0 Å². The molecule has 5 unspecified atom stereocenters. The van der Waals surface area contributed by atoms with Gasteiger partial charge in [-0.3, -0.25) is 5.26 Å². The molecule has 0 aromatic heterocycles. The molecule has 3 rings (SSSR count). The van der Waals surface area contributed by atoms with Crippen molar-refractivity contribution in [2.75, 3.05) is 6.61 Å². The molecule has 3 fully saturated rings. The van der Waals surface area contributed by atoms with Crippen molar-refractivity contribution in [3.63, 3.8) is 0 Å². The normalized spacial score (nSPS) is 52.8. The van der Waals surface area contributed by atoms with E-state index in [9.17, 15) is 0 Å². The Labute approximate surface area is 79.2 Å². The zero-order chi connectivity index (χ0) is 8.84. The summed E-state index contributed by atoms with van der Waals surface area (Å²) in [5.41, 5.74) is 0. The Hall–Kier alpha value is -0.0800. The van der Waals surface area contributed by atoms with Crippen LogP contribution >= 0.6 is 0 Å². The fourth-order valence-electron chi connectivity index (χ4n) is 4.50. The van der Waals surface area contributed by atoms with Crippen LogP contribution in [0.3, 0.4) is 0 Å². The maximum absolute atomic E-state index is 8.50. The van der Waals surface area contributed by atoms with Gasteiger partial charge in [0.25, 0.3) is 0 Å². The van der Waals surface area contributed by atoms with Gasteiger partial charge in [-0.25, -0.2) is 4.89 Å². The maximum Gasteiger partial charge on any atom is 0.0850 e. The lowest BCUT2D eigenvalue weighted by Gasteiger charge is -2.30. The summed E-state index contributed by atoms with van der Waals surface area (Å²) in [7, 11) is 0. The Kier molecular flexibility index (Phi) is 1.88. The van der Waals surface area contributed by atoms with Gasteiger partial charge in [-0.2, -0.15) is 0 Å². The number of fused-ring (bicyclic) bond motifs is 5. The molecule has 0 spiro atoms. The van der Waals surface area contributed by atoms with Gasteiger partial charge in [-0.1, -0.05) is 6.42 Å². The highest BCUT2D eigenvalue weighted by Gasteiger charge is 2.53. The van der Waals surface area contributed by atoms with Crippen LogP contribution in [-0.4, -0.2) is 11.9 Å². The first-order chi connectivity index (χ1) is 6.40. The molecule has 0 radical (unpaired) electrons. The van der Waals surface area contributed by atoms with Gasteiger partial charge in [0.1, 0.15) is 0 Å². The van der Waals surface area contributed by atoms with Gasteiger partial charge in [-0.05, 0) is 55.3 Å². The van der Waals surface area contributed by atoms with Crippen molar-refractivity contribution in [2.45, 2.75) is 32.1 Å². The first kappa shape index (κ1) is 8.25. The lowest BCUT2D eigenvalue weighted by atomic mass is 9.76. The van der Waals surface area contributed by atoms with Crippen LogP contribution in [0.4, 0.5) is 0 Å². The van der Waals surface area contributed by atoms with E-state index in [1.807, 2.05) is 0 Å². The molecule has 0 aromatic carbocycles. The molecule has 0 heterocycles. The van der Waals surface area contributed by atoms with Crippen LogP contribution in [0.15, 0.2) is 0 Å². The van der Waals surface area contributed by atoms with E-state index in [4.69, 9.17) is 5.26 Å². The summed E-state index contributed by atoms with van der Waals surface area (Å²) in [4.78, 5) is 4.33. The monoisotopic (exact) mass is 182 g/mol. The van der Waals surface area contributed by atoms with Crippen molar-refractivity contribution in [1.29, 1.82) is 0 Å². The average molecular weight is 182 g/mol. The van der Waals surface area contributed by atoms with E-state index in [1.54, 1.807) is 0 Å². The SMILES string of the molecule is OOCC1CC2CC1C1CCCC21. The fourth-order valence-corrected chi connectivity index (χ4v) is 4.50. The van der Waals surface area contributed by atoms with Crippen molar-refractivity contribution in [3.05, 3.63) is 0 Å². The minimum Gasteiger partial charge on any atom is -0.252 e. The van der Waals surface area contributed by atoms with Crippen molar-refractivity contribution in [1.82, 2.24) is 0 Å². The Balaban J connectivity index is 1.74. The average Bonchev–Trinajstić information content (AvgIpc) is 2.72. The third-order valence-corrected chi connectivity index (χ3v) is 4.85. The Morgan fingerprint density at radius 2 is 1.92 bits per heavy atom. The smallest absolute Gasteiger partial charge is 0.0850 e. The van der Waals surface area contributed by atoms with E-state index in [0.717, 1.165) is 23.7 Å². The van der Waals surface area contributed by atoms with Crippen molar-refractivity contribution in [2.24, 2.45) is 29.6 Å². The van der Waals surface area contributed by atoms with E-state index >= 15 is 0 Å². The molecule has 0 amide bonds. The van der Waals surface area contributed by atoms with Crippen LogP contribution < -0.4 is 0 Å². The summed E-state index contributed by atoms with van der Waals surface area (Å²) in [6.07, 6.45) is 7.15. The molecule has 0 saturated heterocycles. The van der Waals surface area contributed by atoms with Gasteiger partial charge in [0.15, 0.2) is 0 Å². The van der Waals surface area contributed by atoms with Crippen LogP contribution in [0.25, 0.3) is 0 Å². The highest BCUT2D eigenvalue weighted by molar-refractivity contribution is 5.02. The molecular weight excluding hydrogens is 164 g/mol. The minimum absolute atomic E-state index is 0.588. The van der Waals surface area contributed by atoms with Gasteiger partial charge in [0.2, 0.25) is 0 Å². The third kappa shape index (κ3) is 1.08. The lowest BCUT2D eigenvalue weighted by Crippen LogP contribution is -2.26. The second-order valence-electron chi connectivity index (χ2n) is 5.21. The van der Waals surface area contributed by atoms with Gasteiger partial charge in [0.05, 0.1) is 6.61 Å². The van der Waals surface area contributed by atoms with Crippen LogP contribution in [-0.2, 0) is 4.89 Å². The summed E-state index contributed by atoms with van der Waals surface area (Å²) in [6.45, 7) is 0.588. The predicted octanol–water partition coefficient (Wildman–Crippen LogP) is 2.55. The zero-order valence-corrected chi connectivity index (χ0v) is 7.98. The maximum atomic E-state index is 8.50. The molecule has 0 aromatic rings. The number of hydrogen-bond acceptors (Lipinski definition) is 2. The van der Waals surface area contributed by atoms with E-state index < -0.39 is 0 Å². The second kappa shape index (κ2) is 2.96. The molecule has 3 saturated carbocycles. The summed E-state index contributed by atoms with van der Waals surface area (Å²) in [6, 6.07) is 0. The molecule has 3 aliphatic rings. The summed E-state index contributed by atoms with van der Waals surface area (Å²) in [5.74, 6) is 4.61. The molecule has 5 atom stereocenters. The van der Waals surface area contributed by atoms with Crippen LogP contribution in [0.1, 0.15) is 32.1 Å². The quantitative estimate of drug-likeness (QED) is 0.525.